The van der Waals surface area contributed by atoms with Crippen LogP contribution in [-0.4, -0.2) is 65.1 Å². The van der Waals surface area contributed by atoms with E-state index in [1.54, 1.807) is 18.2 Å². The van der Waals surface area contributed by atoms with Crippen LogP contribution in [-0.2, 0) is 27.3 Å². The van der Waals surface area contributed by atoms with Crippen LogP contribution in [0.5, 0.6) is 5.75 Å². The third-order valence-corrected chi connectivity index (χ3v) is 9.72. The summed E-state index contributed by atoms with van der Waals surface area (Å²) in [7, 11) is 0. The summed E-state index contributed by atoms with van der Waals surface area (Å²) in [5, 5.41) is 57.5. The standard InChI is InChI=1S/C34H25N3O11/c35-31(43)26-23(38)12-17-8-15-10-22-21(14-4-3-5-18(9-14)37(47)48)11-16(13-36-32(44)19-6-1-2-7-20(19)33(36)45)27(39)25(22)28(40)24(15)29(41)34(17,46)30(26)42/h1-7,9,11,15,17,39-40,42,46H,8,10,12-13H2,(H2,35,43)/t15-,17+,34+/m1/s1. The number of benzene rings is 3. The SMILES string of the molecule is NC(=O)C1=C(O)[C@@]2(O)C(=O)C3=C(O)c4c(O)c(CN5C(=O)c6ccccc6C5=O)cc(-c5cccc([N+](=O)[O-])c5)c4C[C@H]3C[C@H]2CC1=O. The van der Waals surface area contributed by atoms with Gasteiger partial charge >= 0.3 is 0 Å². The number of aliphatic hydroxyl groups is 3. The summed E-state index contributed by atoms with van der Waals surface area (Å²) >= 11 is 0. The van der Waals surface area contributed by atoms with Crippen molar-refractivity contribution >= 4 is 40.7 Å². The molecular weight excluding hydrogens is 626 g/mol. The van der Waals surface area contributed by atoms with Gasteiger partial charge in [0.05, 0.1) is 28.2 Å². The highest BCUT2D eigenvalue weighted by atomic mass is 16.6. The number of nitro benzene ring substituents is 1. The van der Waals surface area contributed by atoms with Gasteiger partial charge in [-0.3, -0.25) is 39.0 Å². The lowest BCUT2D eigenvalue weighted by molar-refractivity contribution is -0.384. The molecule has 1 saturated carbocycles. The van der Waals surface area contributed by atoms with Gasteiger partial charge in [0.15, 0.2) is 11.4 Å². The molecule has 0 saturated heterocycles. The molecule has 48 heavy (non-hydrogen) atoms. The lowest BCUT2D eigenvalue weighted by Crippen LogP contribution is -2.58. The number of hydrogen-bond donors (Lipinski definition) is 5. The van der Waals surface area contributed by atoms with Crippen molar-refractivity contribution in [3.05, 3.63) is 109 Å². The number of phenols is 1. The Balaban J connectivity index is 1.43. The van der Waals surface area contributed by atoms with E-state index in [0.717, 1.165) is 4.90 Å². The van der Waals surface area contributed by atoms with E-state index in [0.29, 0.717) is 5.56 Å². The number of rotatable bonds is 5. The van der Waals surface area contributed by atoms with Gasteiger partial charge in [-0.15, -0.1) is 0 Å². The first kappa shape index (κ1) is 30.5. The fourth-order valence-corrected chi connectivity index (χ4v) is 7.46. The third-order valence-electron chi connectivity index (χ3n) is 9.72. The van der Waals surface area contributed by atoms with Gasteiger partial charge in [0.2, 0.25) is 5.78 Å². The molecule has 3 amide bonds. The molecular formula is C34H25N3O11. The van der Waals surface area contributed by atoms with Crippen LogP contribution >= 0.6 is 0 Å². The van der Waals surface area contributed by atoms with Crippen LogP contribution in [0.2, 0.25) is 0 Å². The number of hydrogen-bond acceptors (Lipinski definition) is 11. The molecule has 3 atom stereocenters. The molecule has 1 aliphatic heterocycles. The molecule has 3 aromatic carbocycles. The van der Waals surface area contributed by atoms with Crippen molar-refractivity contribution in [2.75, 3.05) is 0 Å². The minimum atomic E-state index is -2.77. The van der Waals surface area contributed by atoms with Crippen molar-refractivity contribution in [3.63, 3.8) is 0 Å². The van der Waals surface area contributed by atoms with Gasteiger partial charge in [-0.05, 0) is 53.6 Å². The summed E-state index contributed by atoms with van der Waals surface area (Å²) < 4.78 is 0. The third kappa shape index (κ3) is 4.12. The molecule has 0 bridgehead atoms. The highest BCUT2D eigenvalue weighted by Crippen LogP contribution is 2.54. The monoisotopic (exact) mass is 651 g/mol. The van der Waals surface area contributed by atoms with Gasteiger partial charge in [0.1, 0.15) is 22.8 Å². The number of amides is 3. The number of primary amides is 1. The molecule has 0 unspecified atom stereocenters. The van der Waals surface area contributed by atoms with E-state index >= 15 is 0 Å². The van der Waals surface area contributed by atoms with E-state index in [9.17, 15) is 54.5 Å². The first-order valence-electron chi connectivity index (χ1n) is 14.8. The molecule has 14 heteroatoms. The minimum Gasteiger partial charge on any atom is -0.508 e. The van der Waals surface area contributed by atoms with E-state index in [1.165, 1.54) is 36.4 Å². The van der Waals surface area contributed by atoms with Crippen LogP contribution < -0.4 is 5.73 Å². The quantitative estimate of drug-likeness (QED) is 0.116. The Kier molecular flexibility index (Phi) is 6.63. The zero-order chi connectivity index (χ0) is 34.4. The molecule has 1 fully saturated rings. The van der Waals surface area contributed by atoms with E-state index in [4.69, 9.17) is 5.73 Å². The maximum absolute atomic E-state index is 14.0. The molecule has 7 rings (SSSR count). The number of aromatic hydroxyl groups is 1. The Labute approximate surface area is 270 Å². The lowest BCUT2D eigenvalue weighted by Gasteiger charge is -2.46. The smallest absolute Gasteiger partial charge is 0.270 e. The Hall–Kier alpha value is -6.15. The fourth-order valence-electron chi connectivity index (χ4n) is 7.46. The van der Waals surface area contributed by atoms with Crippen molar-refractivity contribution in [2.24, 2.45) is 17.6 Å². The Morgan fingerprint density at radius 3 is 2.25 bits per heavy atom. The number of ketones is 2. The van der Waals surface area contributed by atoms with Crippen molar-refractivity contribution < 1.29 is 49.3 Å². The molecule has 14 nitrogen and oxygen atoms in total. The van der Waals surface area contributed by atoms with Crippen LogP contribution in [0.4, 0.5) is 5.69 Å². The number of fused-ring (bicyclic) bond motifs is 4. The minimum absolute atomic E-state index is 0.0442. The zero-order valence-corrected chi connectivity index (χ0v) is 24.8. The summed E-state index contributed by atoms with van der Waals surface area (Å²) in [6.07, 6.45) is -0.674. The first-order chi connectivity index (χ1) is 22.7. The lowest BCUT2D eigenvalue weighted by atomic mass is 9.59. The summed E-state index contributed by atoms with van der Waals surface area (Å²) in [5.41, 5.74) is 1.74. The van der Waals surface area contributed by atoms with Crippen LogP contribution in [0.3, 0.4) is 0 Å². The average Bonchev–Trinajstić information content (AvgIpc) is 3.28. The number of aliphatic hydroxyl groups excluding tert-OH is 2. The number of nitrogens with zero attached hydrogens (tertiary/aromatic N) is 2. The van der Waals surface area contributed by atoms with E-state index in [-0.39, 0.29) is 57.5 Å². The number of imide groups is 1. The van der Waals surface area contributed by atoms with Crippen molar-refractivity contribution in [1.29, 1.82) is 0 Å². The molecule has 3 aromatic rings. The van der Waals surface area contributed by atoms with Gasteiger partial charge in [-0.25, -0.2) is 0 Å². The fraction of sp³-hybridized carbons (Fsp3) is 0.206. The van der Waals surface area contributed by atoms with Crippen LogP contribution in [0.1, 0.15) is 50.2 Å². The summed E-state index contributed by atoms with van der Waals surface area (Å²) in [5.74, 6) is -9.31. The van der Waals surface area contributed by atoms with Crippen LogP contribution in [0.15, 0.2) is 71.5 Å². The number of Topliss-reactive ketones (excluding diaryl/α,β-unsaturated/α-hetero) is 2. The topological polar surface area (TPSA) is 239 Å². The van der Waals surface area contributed by atoms with Crippen molar-refractivity contribution in [2.45, 2.75) is 31.4 Å². The van der Waals surface area contributed by atoms with Gasteiger partial charge in [-0.1, -0.05) is 24.3 Å². The summed E-state index contributed by atoms with van der Waals surface area (Å²) in [6, 6.07) is 13.1. The molecule has 3 aliphatic carbocycles. The Bertz CT molecular complexity index is 2110. The van der Waals surface area contributed by atoms with Crippen molar-refractivity contribution in [1.82, 2.24) is 4.90 Å². The maximum atomic E-state index is 14.0. The van der Waals surface area contributed by atoms with Gasteiger partial charge < -0.3 is 26.2 Å². The predicted molar refractivity (Wildman–Crippen MR) is 164 cm³/mol. The normalized spacial score (nSPS) is 23.1. The van der Waals surface area contributed by atoms with Crippen LogP contribution in [0.25, 0.3) is 16.9 Å². The largest absolute Gasteiger partial charge is 0.508 e. The molecule has 6 N–H and O–H groups in total. The molecule has 0 spiro atoms. The number of nitrogens with two attached hydrogens (primary N) is 1. The van der Waals surface area contributed by atoms with Gasteiger partial charge in [0.25, 0.3) is 23.4 Å². The maximum Gasteiger partial charge on any atom is 0.270 e. The van der Waals surface area contributed by atoms with E-state index in [1.807, 2.05) is 0 Å². The van der Waals surface area contributed by atoms with Crippen LogP contribution in [0, 0.1) is 22.0 Å². The number of non-ortho nitro benzene ring substituents is 1. The average molecular weight is 652 g/mol. The number of carbonyl (C=O) groups excluding carboxylic acids is 5. The first-order valence-corrected chi connectivity index (χ1v) is 14.8. The second-order valence-corrected chi connectivity index (χ2v) is 12.2. The van der Waals surface area contributed by atoms with Gasteiger partial charge in [-0.2, -0.15) is 0 Å². The van der Waals surface area contributed by atoms with Crippen molar-refractivity contribution in [3.8, 4) is 16.9 Å². The van der Waals surface area contributed by atoms with Gasteiger partial charge in [0, 0.05) is 35.6 Å². The number of nitro groups is 1. The predicted octanol–water partition coefficient (Wildman–Crippen LogP) is 2.80. The highest BCUT2D eigenvalue weighted by Gasteiger charge is 2.60. The second kappa shape index (κ2) is 10.4. The zero-order valence-electron chi connectivity index (χ0n) is 24.8. The van der Waals surface area contributed by atoms with E-state index < -0.39 is 87.5 Å². The Morgan fingerprint density at radius 1 is 0.958 bits per heavy atom. The van der Waals surface area contributed by atoms with E-state index in [2.05, 4.69) is 0 Å². The molecule has 1 heterocycles. The number of carbonyl (C=O) groups is 5. The summed E-state index contributed by atoms with van der Waals surface area (Å²) in [4.78, 5) is 77.0. The molecule has 242 valence electrons. The number of phenolic OH excluding ortho intramolecular Hbond substituents is 1. The molecule has 0 aromatic heterocycles. The Morgan fingerprint density at radius 2 is 1.62 bits per heavy atom. The highest BCUT2D eigenvalue weighted by molar-refractivity contribution is 6.23. The summed E-state index contributed by atoms with van der Waals surface area (Å²) in [6.45, 7) is -0.479. The second-order valence-electron chi connectivity index (χ2n) is 12.2. The molecule has 4 aliphatic rings. The molecule has 0 radical (unpaired) electrons.